The summed E-state index contributed by atoms with van der Waals surface area (Å²) >= 11 is 0. The fourth-order valence-electron chi connectivity index (χ4n) is 2.44. The van der Waals surface area contributed by atoms with Crippen molar-refractivity contribution in [1.82, 2.24) is 0 Å². The average Bonchev–Trinajstić information content (AvgIpc) is 2.48. The number of hydrogen-bond acceptors (Lipinski definition) is 3. The summed E-state index contributed by atoms with van der Waals surface area (Å²) in [6, 6.07) is 11.5. The minimum Gasteiger partial charge on any atom is -1.00 e. The fraction of sp³-hybridized carbons (Fsp3) is 0.278. The summed E-state index contributed by atoms with van der Waals surface area (Å²) < 4.78 is 10.9. The molecular weight excluding hydrogens is 302 g/mol. The number of benzene rings is 2. The van der Waals surface area contributed by atoms with Crippen molar-refractivity contribution in [3.05, 3.63) is 53.1 Å². The van der Waals surface area contributed by atoms with Crippen LogP contribution in [-0.4, -0.2) is 19.2 Å². The maximum Gasteiger partial charge on any atom is 1.00 e. The van der Waals surface area contributed by atoms with Crippen molar-refractivity contribution in [1.29, 1.82) is 0 Å². The number of rotatable bonds is 6. The predicted molar refractivity (Wildman–Crippen MR) is 93.5 cm³/mol. The van der Waals surface area contributed by atoms with Gasteiger partial charge in [0, 0.05) is 10.9 Å². The van der Waals surface area contributed by atoms with Crippen molar-refractivity contribution < 1.29 is 34.6 Å². The molecule has 0 N–H and O–H groups in total. The standard InChI is InChI=1S/C18H21O3P.Li.H/c1-5-21-15-8-6-7-9-16(15)22-18(19)17-12(2)10-14(20-4)11-13(17)3;;/h6-11,22H,5H2,1-4H3;;/q;+1;-1. The molecule has 2 aromatic carbocycles. The molecule has 0 spiro atoms. The van der Waals surface area contributed by atoms with Crippen LogP contribution in [0.15, 0.2) is 36.4 Å². The Morgan fingerprint density at radius 3 is 2.35 bits per heavy atom. The van der Waals surface area contributed by atoms with E-state index in [1.165, 1.54) is 0 Å². The van der Waals surface area contributed by atoms with Gasteiger partial charge in [0.1, 0.15) is 11.5 Å². The monoisotopic (exact) mass is 324 g/mol. The Morgan fingerprint density at radius 1 is 1.17 bits per heavy atom. The van der Waals surface area contributed by atoms with Crippen LogP contribution >= 0.6 is 8.58 Å². The zero-order valence-corrected chi connectivity index (χ0v) is 15.4. The summed E-state index contributed by atoms with van der Waals surface area (Å²) in [7, 11) is 1.68. The van der Waals surface area contributed by atoms with E-state index in [9.17, 15) is 4.79 Å². The van der Waals surface area contributed by atoms with Gasteiger partial charge < -0.3 is 10.9 Å². The molecule has 0 aliphatic heterocycles. The van der Waals surface area contributed by atoms with Crippen LogP contribution in [0.1, 0.15) is 29.8 Å². The van der Waals surface area contributed by atoms with E-state index in [1.54, 1.807) is 7.11 Å². The van der Waals surface area contributed by atoms with Gasteiger partial charge in [0.25, 0.3) is 0 Å². The third-order valence-corrected chi connectivity index (χ3v) is 4.56. The van der Waals surface area contributed by atoms with Crippen LogP contribution in [0.25, 0.3) is 0 Å². The van der Waals surface area contributed by atoms with Crippen molar-refractivity contribution in [2.75, 3.05) is 13.7 Å². The molecule has 23 heavy (non-hydrogen) atoms. The van der Waals surface area contributed by atoms with Crippen LogP contribution in [0.4, 0.5) is 0 Å². The van der Waals surface area contributed by atoms with Gasteiger partial charge >= 0.3 is 18.9 Å². The summed E-state index contributed by atoms with van der Waals surface area (Å²) in [6.07, 6.45) is 0. The Labute approximate surface area is 153 Å². The van der Waals surface area contributed by atoms with Crippen molar-refractivity contribution in [3.63, 3.8) is 0 Å². The van der Waals surface area contributed by atoms with E-state index in [0.29, 0.717) is 6.61 Å². The number of aryl methyl sites for hydroxylation is 2. The summed E-state index contributed by atoms with van der Waals surface area (Å²) in [6.45, 7) is 6.43. The number of hydrogen-bond donors (Lipinski definition) is 0. The number of para-hydroxylation sites is 1. The summed E-state index contributed by atoms with van der Waals surface area (Å²) in [5.41, 5.74) is 2.81. The van der Waals surface area contributed by atoms with Crippen LogP contribution in [0, 0.1) is 13.8 Å². The van der Waals surface area contributed by atoms with Gasteiger partial charge in [-0.25, -0.2) is 0 Å². The van der Waals surface area contributed by atoms with Gasteiger partial charge in [-0.05, 0) is 58.7 Å². The van der Waals surface area contributed by atoms with Crippen molar-refractivity contribution in [2.24, 2.45) is 0 Å². The summed E-state index contributed by atoms with van der Waals surface area (Å²) in [5, 5.41) is 0.948. The maximum atomic E-state index is 12.7. The molecule has 3 nitrogen and oxygen atoms in total. The Morgan fingerprint density at radius 2 is 1.78 bits per heavy atom. The molecule has 0 fully saturated rings. The Bertz CT molecular complexity index is 669. The average molecular weight is 324 g/mol. The molecule has 118 valence electrons. The molecule has 0 aromatic heterocycles. The van der Waals surface area contributed by atoms with Crippen LogP contribution in [-0.2, 0) is 0 Å². The molecule has 0 amide bonds. The van der Waals surface area contributed by atoms with E-state index in [2.05, 4.69) is 0 Å². The van der Waals surface area contributed by atoms with Gasteiger partial charge in [-0.1, -0.05) is 18.2 Å². The second-order valence-electron chi connectivity index (χ2n) is 5.02. The number of carbonyl (C=O) groups excluding carboxylic acids is 1. The number of ether oxygens (including phenoxy) is 2. The second kappa shape index (κ2) is 9.14. The zero-order valence-electron chi connectivity index (χ0n) is 15.4. The Hall–Kier alpha value is -1.26. The normalized spacial score (nSPS) is 10.4. The quantitative estimate of drug-likeness (QED) is 0.587. The van der Waals surface area contributed by atoms with E-state index >= 15 is 0 Å². The molecule has 0 bridgehead atoms. The fourth-order valence-corrected chi connectivity index (χ4v) is 3.66. The van der Waals surface area contributed by atoms with E-state index < -0.39 is 0 Å². The Balaban J connectivity index is 0.00000264. The molecule has 0 radical (unpaired) electrons. The van der Waals surface area contributed by atoms with Crippen molar-refractivity contribution in [2.45, 2.75) is 20.8 Å². The second-order valence-corrected chi connectivity index (χ2v) is 6.26. The Kier molecular flexibility index (Phi) is 7.86. The topological polar surface area (TPSA) is 35.5 Å². The zero-order chi connectivity index (χ0) is 16.1. The molecule has 0 saturated carbocycles. The minimum absolute atomic E-state index is 0. The van der Waals surface area contributed by atoms with Crippen LogP contribution in [0.2, 0.25) is 0 Å². The molecule has 2 aromatic rings. The van der Waals surface area contributed by atoms with Crippen LogP contribution < -0.4 is 33.6 Å². The SMILES string of the molecule is CCOc1ccccc1PC(=O)c1c(C)cc(OC)cc1C.[H-].[Li+]. The van der Waals surface area contributed by atoms with E-state index in [0.717, 1.165) is 33.5 Å². The molecule has 1 atom stereocenters. The van der Waals surface area contributed by atoms with Gasteiger partial charge in [-0.2, -0.15) is 0 Å². The molecule has 0 aliphatic carbocycles. The van der Waals surface area contributed by atoms with Crippen LogP contribution in [0.3, 0.4) is 0 Å². The largest absolute Gasteiger partial charge is 1.00 e. The molecule has 5 heteroatoms. The summed E-state index contributed by atoms with van der Waals surface area (Å²) in [4.78, 5) is 12.7. The molecular formula is C18H22LiO3P. The van der Waals surface area contributed by atoms with E-state index in [1.807, 2.05) is 57.2 Å². The van der Waals surface area contributed by atoms with E-state index in [-0.39, 0.29) is 34.4 Å². The first kappa shape index (κ1) is 19.8. The summed E-state index contributed by atoms with van der Waals surface area (Å²) in [5.74, 6) is 1.57. The smallest absolute Gasteiger partial charge is 1.00 e. The van der Waals surface area contributed by atoms with Gasteiger partial charge in [-0.3, -0.25) is 4.79 Å². The predicted octanol–water partition coefficient (Wildman–Crippen LogP) is 0.971. The maximum absolute atomic E-state index is 12.7. The number of carbonyl (C=O) groups is 1. The van der Waals surface area contributed by atoms with Gasteiger partial charge in [0.05, 0.1) is 13.7 Å². The van der Waals surface area contributed by atoms with Crippen molar-refractivity contribution in [3.8, 4) is 11.5 Å². The van der Waals surface area contributed by atoms with Crippen molar-refractivity contribution >= 4 is 19.4 Å². The van der Waals surface area contributed by atoms with E-state index in [4.69, 9.17) is 9.47 Å². The van der Waals surface area contributed by atoms with Gasteiger partial charge in [0.2, 0.25) is 0 Å². The molecule has 2 rings (SSSR count). The van der Waals surface area contributed by atoms with Crippen LogP contribution in [0.5, 0.6) is 11.5 Å². The third-order valence-electron chi connectivity index (χ3n) is 3.40. The molecule has 1 unspecified atom stereocenters. The first-order chi connectivity index (χ1) is 10.6. The number of methoxy groups -OCH3 is 1. The molecule has 0 aliphatic rings. The minimum atomic E-state index is 0. The molecule has 0 heterocycles. The first-order valence-electron chi connectivity index (χ1n) is 7.25. The third kappa shape index (κ3) is 4.85. The first-order valence-corrected chi connectivity index (χ1v) is 8.25. The van der Waals surface area contributed by atoms with Gasteiger partial charge in [-0.15, -0.1) is 0 Å². The van der Waals surface area contributed by atoms with Gasteiger partial charge in [0.15, 0.2) is 5.52 Å². The molecule has 0 saturated heterocycles.